The van der Waals surface area contributed by atoms with Crippen LogP contribution in [0.2, 0.25) is 5.02 Å². The average Bonchev–Trinajstić information content (AvgIpc) is 3.11. The summed E-state index contributed by atoms with van der Waals surface area (Å²) in [5.74, 6) is 0.990. The fraction of sp³-hybridized carbons (Fsp3) is 0.441. The molecule has 2 aliphatic carbocycles. The zero-order valence-electron chi connectivity index (χ0n) is 24.2. The number of ether oxygens (including phenoxy) is 2. The minimum atomic E-state index is -4.09. The zero-order chi connectivity index (χ0) is 29.6. The summed E-state index contributed by atoms with van der Waals surface area (Å²) in [6, 6.07) is 18.9. The van der Waals surface area contributed by atoms with Gasteiger partial charge < -0.3 is 14.4 Å². The lowest BCUT2D eigenvalue weighted by atomic mass is 9.69. The van der Waals surface area contributed by atoms with Gasteiger partial charge in [-0.1, -0.05) is 41.9 Å². The van der Waals surface area contributed by atoms with Crippen LogP contribution in [0, 0.1) is 11.8 Å². The first-order valence-electron chi connectivity index (χ1n) is 15.3. The van der Waals surface area contributed by atoms with Crippen molar-refractivity contribution in [2.24, 2.45) is 11.8 Å². The van der Waals surface area contributed by atoms with Crippen LogP contribution in [0.5, 0.6) is 5.75 Å². The Morgan fingerprint density at radius 2 is 1.84 bits per heavy atom. The summed E-state index contributed by atoms with van der Waals surface area (Å²) >= 11 is 6.40. The van der Waals surface area contributed by atoms with E-state index in [1.807, 2.05) is 30.3 Å². The molecule has 9 heteroatoms. The maximum absolute atomic E-state index is 13.5. The van der Waals surface area contributed by atoms with Crippen LogP contribution < -0.4 is 14.4 Å². The van der Waals surface area contributed by atoms with E-state index in [1.165, 1.54) is 17.2 Å². The van der Waals surface area contributed by atoms with Crippen molar-refractivity contribution in [2.45, 2.75) is 55.3 Å². The SMILES string of the molecule is O=C1Cc2cccc(c2)CCOC[C@@H]2CC[C@H]2CN2C[C@@]3(CCCc4cc(Cl)ccc43)COc3ccc(cc32)S(=O)(=O)N1. The zero-order valence-corrected chi connectivity index (χ0v) is 25.8. The predicted octanol–water partition coefficient (Wildman–Crippen LogP) is 5.46. The van der Waals surface area contributed by atoms with Crippen LogP contribution in [0.1, 0.15) is 47.9 Å². The van der Waals surface area contributed by atoms with E-state index in [4.69, 9.17) is 21.1 Å². The van der Waals surface area contributed by atoms with Crippen LogP contribution in [0.3, 0.4) is 0 Å². The number of benzene rings is 3. The Balaban J connectivity index is 1.27. The predicted molar refractivity (Wildman–Crippen MR) is 166 cm³/mol. The van der Waals surface area contributed by atoms with Crippen molar-refractivity contribution in [3.05, 3.63) is 87.9 Å². The molecule has 1 amide bonds. The molecule has 226 valence electrons. The number of amides is 1. The molecule has 3 aromatic carbocycles. The standard InChI is InChI=1S/C34H37ClN2O5S/c35-28-8-10-30-25(17-28)5-2-13-34(30)21-37-19-26-6-7-27(26)20-41-14-12-23-3-1-4-24(15-23)16-33(38)36-43(39,40)29-9-11-32(42-22-34)31(37)18-29/h1,3-4,8-11,15,17-18,26-27H,2,5-7,12-14,16,19-22H2,(H,36,38)/t26-,27-,34-/m0/s1. The minimum Gasteiger partial charge on any atom is -0.490 e. The third kappa shape index (κ3) is 5.77. The molecule has 0 unspecified atom stereocenters. The van der Waals surface area contributed by atoms with E-state index in [0.29, 0.717) is 44.0 Å². The van der Waals surface area contributed by atoms with E-state index in [0.717, 1.165) is 66.9 Å². The Labute approximate surface area is 258 Å². The van der Waals surface area contributed by atoms with E-state index >= 15 is 0 Å². The quantitative estimate of drug-likeness (QED) is 0.359. The lowest BCUT2D eigenvalue weighted by Crippen LogP contribution is -2.48. The molecule has 3 atom stereocenters. The van der Waals surface area contributed by atoms with E-state index in [2.05, 4.69) is 21.8 Å². The fourth-order valence-corrected chi connectivity index (χ4v) is 8.59. The maximum Gasteiger partial charge on any atom is 0.264 e. The lowest BCUT2D eigenvalue weighted by Gasteiger charge is -2.44. The van der Waals surface area contributed by atoms with Crippen molar-refractivity contribution in [1.82, 2.24) is 4.72 Å². The van der Waals surface area contributed by atoms with Crippen molar-refractivity contribution in [3.8, 4) is 5.75 Å². The summed E-state index contributed by atoms with van der Waals surface area (Å²) in [6.45, 7) is 3.32. The van der Waals surface area contributed by atoms with E-state index in [1.54, 1.807) is 12.1 Å². The Morgan fingerprint density at radius 3 is 2.70 bits per heavy atom. The van der Waals surface area contributed by atoms with Gasteiger partial charge in [0.1, 0.15) is 5.75 Å². The molecule has 4 aliphatic rings. The molecule has 1 spiro atoms. The van der Waals surface area contributed by atoms with Crippen molar-refractivity contribution in [1.29, 1.82) is 0 Å². The molecule has 3 aromatic rings. The highest BCUT2D eigenvalue weighted by molar-refractivity contribution is 7.90. The molecule has 0 aromatic heterocycles. The Hall–Kier alpha value is -3.07. The Bertz CT molecular complexity index is 1660. The van der Waals surface area contributed by atoms with E-state index in [9.17, 15) is 13.2 Å². The highest BCUT2D eigenvalue weighted by atomic mass is 35.5. The number of fused-ring (bicyclic) bond motifs is 6. The molecule has 43 heavy (non-hydrogen) atoms. The molecule has 1 saturated carbocycles. The summed E-state index contributed by atoms with van der Waals surface area (Å²) in [5.41, 5.74) is 4.89. The number of carbonyl (C=O) groups excluding carboxylic acids is 1. The topological polar surface area (TPSA) is 84.9 Å². The normalized spacial score (nSPS) is 26.8. The monoisotopic (exact) mass is 620 g/mol. The molecule has 0 radical (unpaired) electrons. The van der Waals surface area contributed by atoms with E-state index in [-0.39, 0.29) is 16.7 Å². The van der Waals surface area contributed by atoms with Crippen LogP contribution >= 0.6 is 11.6 Å². The first-order valence-corrected chi connectivity index (χ1v) is 17.2. The number of anilines is 1. The number of aryl methyl sites for hydroxylation is 1. The van der Waals surface area contributed by atoms with Gasteiger partial charge in [-0.2, -0.15) is 0 Å². The molecule has 2 heterocycles. The van der Waals surface area contributed by atoms with Gasteiger partial charge in [0.2, 0.25) is 5.91 Å². The molecule has 4 bridgehead atoms. The van der Waals surface area contributed by atoms with Gasteiger partial charge >= 0.3 is 0 Å². The maximum atomic E-state index is 13.5. The van der Waals surface area contributed by atoms with Crippen molar-refractivity contribution >= 4 is 33.2 Å². The lowest BCUT2D eigenvalue weighted by molar-refractivity contribution is -0.118. The van der Waals surface area contributed by atoms with Gasteiger partial charge in [-0.15, -0.1) is 0 Å². The van der Waals surface area contributed by atoms with Crippen LogP contribution in [-0.4, -0.2) is 47.2 Å². The average molecular weight is 621 g/mol. The smallest absolute Gasteiger partial charge is 0.264 e. The second-order valence-electron chi connectivity index (χ2n) is 12.7. The summed E-state index contributed by atoms with van der Waals surface area (Å²) in [4.78, 5) is 15.3. The van der Waals surface area contributed by atoms with Crippen LogP contribution in [0.4, 0.5) is 5.69 Å². The van der Waals surface area contributed by atoms with Crippen molar-refractivity contribution in [2.75, 3.05) is 37.8 Å². The summed E-state index contributed by atoms with van der Waals surface area (Å²) in [5, 5.41) is 0.742. The third-order valence-electron chi connectivity index (χ3n) is 9.82. The third-order valence-corrected chi connectivity index (χ3v) is 11.4. The number of nitrogens with zero attached hydrogens (tertiary/aromatic N) is 1. The molecule has 0 saturated heterocycles. The van der Waals surface area contributed by atoms with Gasteiger partial charge in [-0.3, -0.25) is 4.79 Å². The molecular formula is C34H37ClN2O5S. The number of rotatable bonds is 0. The minimum absolute atomic E-state index is 0.0240. The van der Waals surface area contributed by atoms with Crippen LogP contribution in [-0.2, 0) is 44.2 Å². The highest BCUT2D eigenvalue weighted by Gasteiger charge is 2.43. The van der Waals surface area contributed by atoms with E-state index < -0.39 is 15.9 Å². The summed E-state index contributed by atoms with van der Waals surface area (Å²) < 4.78 is 42.0. The molecule has 7 nitrogen and oxygen atoms in total. The first kappa shape index (κ1) is 28.7. The Morgan fingerprint density at radius 1 is 0.977 bits per heavy atom. The molecule has 1 N–H and O–H groups in total. The van der Waals surface area contributed by atoms with Crippen molar-refractivity contribution in [3.63, 3.8) is 0 Å². The largest absolute Gasteiger partial charge is 0.490 e. The van der Waals surface area contributed by atoms with Gasteiger partial charge in [-0.05, 0) is 103 Å². The fourth-order valence-electron chi connectivity index (χ4n) is 7.39. The number of halogens is 1. The van der Waals surface area contributed by atoms with Gasteiger partial charge in [0.25, 0.3) is 10.0 Å². The van der Waals surface area contributed by atoms with Gasteiger partial charge in [0.05, 0.1) is 30.2 Å². The summed E-state index contributed by atoms with van der Waals surface area (Å²) in [6.07, 6.45) is 5.95. The summed E-state index contributed by atoms with van der Waals surface area (Å²) in [7, 11) is -4.09. The van der Waals surface area contributed by atoms with Crippen LogP contribution in [0.25, 0.3) is 0 Å². The number of nitrogens with one attached hydrogen (secondary N) is 1. The molecular weight excluding hydrogens is 584 g/mol. The highest BCUT2D eigenvalue weighted by Crippen LogP contribution is 2.46. The number of hydrogen-bond acceptors (Lipinski definition) is 6. The van der Waals surface area contributed by atoms with Crippen molar-refractivity contribution < 1.29 is 22.7 Å². The van der Waals surface area contributed by atoms with Crippen LogP contribution in [0.15, 0.2) is 65.6 Å². The van der Waals surface area contributed by atoms with Gasteiger partial charge in [0, 0.05) is 30.1 Å². The first-order chi connectivity index (χ1) is 20.8. The Kier molecular flexibility index (Phi) is 7.64. The second kappa shape index (κ2) is 11.5. The van der Waals surface area contributed by atoms with Gasteiger partial charge in [0.15, 0.2) is 0 Å². The second-order valence-corrected chi connectivity index (χ2v) is 14.8. The number of sulfonamides is 1. The molecule has 1 fully saturated rings. The number of hydrogen-bond donors (Lipinski definition) is 1. The number of carbonyl (C=O) groups is 1. The molecule has 2 aliphatic heterocycles. The van der Waals surface area contributed by atoms with Gasteiger partial charge in [-0.25, -0.2) is 13.1 Å². The molecule has 7 rings (SSSR count).